The molecule has 0 radical (unpaired) electrons. The molecule has 8 nitrogen and oxygen atoms in total. The summed E-state index contributed by atoms with van der Waals surface area (Å²) in [7, 11) is 1.48. The molecular formula is C22H18F3N5O3. The molecule has 170 valence electrons. The minimum Gasteiger partial charge on any atom is -0.497 e. The average molecular weight is 457 g/mol. The van der Waals surface area contributed by atoms with Gasteiger partial charge in [-0.25, -0.2) is 4.98 Å². The van der Waals surface area contributed by atoms with Gasteiger partial charge in [-0.05, 0) is 49.4 Å². The molecule has 1 N–H and O–H groups in total. The first-order valence-electron chi connectivity index (χ1n) is 9.82. The van der Waals surface area contributed by atoms with Crippen LogP contribution >= 0.6 is 0 Å². The number of nitrogens with one attached hydrogen (secondary N) is 1. The van der Waals surface area contributed by atoms with Gasteiger partial charge in [0.25, 0.3) is 11.7 Å². The summed E-state index contributed by atoms with van der Waals surface area (Å²) in [6.45, 7) is 2.15. The van der Waals surface area contributed by atoms with E-state index in [2.05, 4.69) is 20.4 Å². The van der Waals surface area contributed by atoms with Crippen LogP contribution in [0.4, 0.5) is 18.9 Å². The Labute approximate surface area is 186 Å². The van der Waals surface area contributed by atoms with Gasteiger partial charge < -0.3 is 14.8 Å². The number of rotatable bonds is 6. The van der Waals surface area contributed by atoms with E-state index >= 15 is 0 Å². The summed E-state index contributed by atoms with van der Waals surface area (Å²) in [5.41, 5.74) is -0.326. The molecule has 0 aliphatic carbocycles. The number of fused-ring (bicyclic) bond motifs is 1. The molecule has 0 saturated heterocycles. The van der Waals surface area contributed by atoms with Crippen LogP contribution in [0.25, 0.3) is 17.0 Å². The molecule has 2 aromatic carbocycles. The van der Waals surface area contributed by atoms with Gasteiger partial charge in [0, 0.05) is 5.56 Å². The fraction of sp³-hybridized carbons (Fsp3) is 0.182. The minimum absolute atomic E-state index is 0.0264. The number of aromatic nitrogens is 4. The monoisotopic (exact) mass is 457 g/mol. The van der Waals surface area contributed by atoms with Crippen LogP contribution in [0.15, 0.2) is 54.6 Å². The Morgan fingerprint density at radius 1 is 1.09 bits per heavy atom. The SMILES string of the molecule is CCOc1ccccc1NC(=O)c1nc2nc(-c3ccc(OC)cc3)cc(C(F)(F)F)n2n1. The van der Waals surface area contributed by atoms with Crippen molar-refractivity contribution in [2.45, 2.75) is 13.1 Å². The largest absolute Gasteiger partial charge is 0.497 e. The van der Waals surface area contributed by atoms with Crippen molar-refractivity contribution in [2.24, 2.45) is 0 Å². The lowest BCUT2D eigenvalue weighted by Gasteiger charge is -2.10. The van der Waals surface area contributed by atoms with Gasteiger partial charge in [0.2, 0.25) is 5.82 Å². The van der Waals surface area contributed by atoms with Crippen molar-refractivity contribution >= 4 is 17.4 Å². The molecule has 0 saturated carbocycles. The summed E-state index contributed by atoms with van der Waals surface area (Å²) < 4.78 is 52.4. The van der Waals surface area contributed by atoms with Gasteiger partial charge in [-0.3, -0.25) is 4.79 Å². The molecule has 2 aromatic heterocycles. The van der Waals surface area contributed by atoms with Crippen LogP contribution in [0.1, 0.15) is 23.2 Å². The summed E-state index contributed by atoms with van der Waals surface area (Å²) in [4.78, 5) is 20.8. The third kappa shape index (κ3) is 4.56. The number of hydrogen-bond donors (Lipinski definition) is 1. The van der Waals surface area contributed by atoms with Crippen LogP contribution in [0.5, 0.6) is 11.5 Å². The van der Waals surface area contributed by atoms with E-state index < -0.39 is 23.6 Å². The molecule has 4 aromatic rings. The number of ether oxygens (including phenoxy) is 2. The number of anilines is 1. The van der Waals surface area contributed by atoms with Crippen LogP contribution in [-0.4, -0.2) is 39.2 Å². The molecule has 33 heavy (non-hydrogen) atoms. The van der Waals surface area contributed by atoms with Crippen LogP contribution < -0.4 is 14.8 Å². The Balaban J connectivity index is 1.75. The molecule has 2 heterocycles. The number of benzene rings is 2. The van der Waals surface area contributed by atoms with E-state index in [1.54, 1.807) is 55.5 Å². The van der Waals surface area contributed by atoms with E-state index in [0.717, 1.165) is 6.07 Å². The van der Waals surface area contributed by atoms with Crippen LogP contribution in [0, 0.1) is 0 Å². The molecule has 0 unspecified atom stereocenters. The summed E-state index contributed by atoms with van der Waals surface area (Å²) in [6, 6.07) is 13.9. The normalized spacial score (nSPS) is 11.4. The quantitative estimate of drug-likeness (QED) is 0.460. The molecule has 0 spiro atoms. The Kier molecular flexibility index (Phi) is 5.86. The lowest BCUT2D eigenvalue weighted by molar-refractivity contribution is -0.142. The van der Waals surface area contributed by atoms with Crippen molar-refractivity contribution in [1.29, 1.82) is 0 Å². The van der Waals surface area contributed by atoms with Gasteiger partial charge in [0.05, 0.1) is 25.1 Å². The molecule has 1 amide bonds. The molecule has 0 bridgehead atoms. The Morgan fingerprint density at radius 2 is 1.82 bits per heavy atom. The third-order valence-electron chi connectivity index (χ3n) is 4.63. The third-order valence-corrected chi connectivity index (χ3v) is 4.63. The van der Waals surface area contributed by atoms with Crippen LogP contribution in [0.3, 0.4) is 0 Å². The molecule has 4 rings (SSSR count). The Bertz CT molecular complexity index is 1300. The predicted molar refractivity (Wildman–Crippen MR) is 113 cm³/mol. The fourth-order valence-electron chi connectivity index (χ4n) is 3.11. The van der Waals surface area contributed by atoms with Crippen molar-refractivity contribution in [3.63, 3.8) is 0 Å². The second-order valence-electron chi connectivity index (χ2n) is 6.78. The molecule has 0 aliphatic heterocycles. The number of para-hydroxylation sites is 2. The van der Waals surface area contributed by atoms with Gasteiger partial charge >= 0.3 is 6.18 Å². The zero-order chi connectivity index (χ0) is 23.6. The highest BCUT2D eigenvalue weighted by atomic mass is 19.4. The lowest BCUT2D eigenvalue weighted by atomic mass is 10.1. The number of halogens is 3. The number of amides is 1. The summed E-state index contributed by atoms with van der Waals surface area (Å²) >= 11 is 0. The molecular weight excluding hydrogens is 439 g/mol. The number of hydrogen-bond acceptors (Lipinski definition) is 6. The maximum atomic E-state index is 13.8. The van der Waals surface area contributed by atoms with Crippen molar-refractivity contribution in [3.05, 3.63) is 66.1 Å². The van der Waals surface area contributed by atoms with Gasteiger partial charge in [-0.2, -0.15) is 22.7 Å². The van der Waals surface area contributed by atoms with Crippen molar-refractivity contribution < 1.29 is 27.4 Å². The molecule has 0 fully saturated rings. The summed E-state index contributed by atoms with van der Waals surface area (Å²) in [5.74, 6) is -0.672. The van der Waals surface area contributed by atoms with E-state index in [4.69, 9.17) is 9.47 Å². The Hall–Kier alpha value is -4.15. The van der Waals surface area contributed by atoms with E-state index in [9.17, 15) is 18.0 Å². The highest BCUT2D eigenvalue weighted by Crippen LogP contribution is 2.32. The zero-order valence-electron chi connectivity index (χ0n) is 17.6. The molecule has 0 aliphatic rings. The first kappa shape index (κ1) is 22.1. The van der Waals surface area contributed by atoms with Crippen LogP contribution in [0.2, 0.25) is 0 Å². The second-order valence-corrected chi connectivity index (χ2v) is 6.78. The average Bonchev–Trinajstić information content (AvgIpc) is 3.23. The maximum Gasteiger partial charge on any atom is 0.433 e. The maximum absolute atomic E-state index is 13.8. The first-order valence-corrected chi connectivity index (χ1v) is 9.82. The van der Waals surface area contributed by atoms with E-state index in [-0.39, 0.29) is 11.5 Å². The standard InChI is InChI=1S/C22H18F3N5O3/c1-3-33-17-7-5-4-6-15(17)26-20(31)19-28-21-27-16(13-8-10-14(32-2)11-9-13)12-18(22(23,24)25)30(21)29-19/h4-12H,3H2,1-2H3,(H,26,31). The van der Waals surface area contributed by atoms with E-state index in [1.807, 2.05) is 0 Å². The summed E-state index contributed by atoms with van der Waals surface area (Å²) in [5, 5.41) is 6.33. The Morgan fingerprint density at radius 3 is 2.48 bits per heavy atom. The predicted octanol–water partition coefficient (Wildman–Crippen LogP) is 4.47. The summed E-state index contributed by atoms with van der Waals surface area (Å²) in [6.07, 6.45) is -4.76. The van der Waals surface area contributed by atoms with Crippen LogP contribution in [-0.2, 0) is 6.18 Å². The second kappa shape index (κ2) is 8.77. The van der Waals surface area contributed by atoms with E-state index in [0.29, 0.717) is 33.9 Å². The number of carbonyl (C=O) groups is 1. The van der Waals surface area contributed by atoms with Gasteiger partial charge in [0.1, 0.15) is 11.5 Å². The topological polar surface area (TPSA) is 90.6 Å². The minimum atomic E-state index is -4.76. The highest BCUT2D eigenvalue weighted by molar-refractivity contribution is 6.02. The van der Waals surface area contributed by atoms with Crippen molar-refractivity contribution in [3.8, 4) is 22.8 Å². The van der Waals surface area contributed by atoms with Crippen molar-refractivity contribution in [1.82, 2.24) is 19.6 Å². The van der Waals surface area contributed by atoms with Gasteiger partial charge in [0.15, 0.2) is 5.69 Å². The molecule has 11 heteroatoms. The van der Waals surface area contributed by atoms with Gasteiger partial charge in [-0.15, -0.1) is 5.10 Å². The number of alkyl halides is 3. The first-order chi connectivity index (χ1) is 15.8. The van der Waals surface area contributed by atoms with Gasteiger partial charge in [-0.1, -0.05) is 12.1 Å². The smallest absolute Gasteiger partial charge is 0.433 e. The molecule has 0 atom stereocenters. The number of nitrogens with zero attached hydrogens (tertiary/aromatic N) is 4. The number of methoxy groups -OCH3 is 1. The number of carbonyl (C=O) groups excluding carboxylic acids is 1. The fourth-order valence-corrected chi connectivity index (χ4v) is 3.11. The lowest BCUT2D eigenvalue weighted by Crippen LogP contribution is -2.16. The zero-order valence-corrected chi connectivity index (χ0v) is 17.6. The van der Waals surface area contributed by atoms with E-state index in [1.165, 1.54) is 7.11 Å². The highest BCUT2D eigenvalue weighted by Gasteiger charge is 2.36. The van der Waals surface area contributed by atoms with Crippen molar-refractivity contribution in [2.75, 3.05) is 19.0 Å².